The Morgan fingerprint density at radius 2 is 2.00 bits per heavy atom. The van der Waals surface area contributed by atoms with Crippen molar-refractivity contribution in [3.63, 3.8) is 0 Å². The predicted molar refractivity (Wildman–Crippen MR) is 57.1 cm³/mol. The Balaban J connectivity index is 2.72. The molecule has 0 spiro atoms. The molecule has 2 nitrogen and oxygen atoms in total. The number of esters is 1. The second-order valence-electron chi connectivity index (χ2n) is 3.09. The molecule has 0 saturated carbocycles. The summed E-state index contributed by atoms with van der Waals surface area (Å²) in [4.78, 5) is 10.9. The zero-order valence-corrected chi connectivity index (χ0v) is 8.82. The number of alkyl halides is 2. The van der Waals surface area contributed by atoms with Gasteiger partial charge in [-0.25, -0.2) is 4.79 Å². The standard InChI is InChI=1S/C12H12F2O2/c1-2-16-11(15)12(13,14)9-8-10-6-4-3-5-7-10/h3-9H,2H2,1H3/b9-8-. The van der Waals surface area contributed by atoms with Crippen molar-refractivity contribution in [3.8, 4) is 0 Å². The van der Waals surface area contributed by atoms with Crippen LogP contribution in [-0.4, -0.2) is 18.5 Å². The smallest absolute Gasteiger partial charge is 0.381 e. The van der Waals surface area contributed by atoms with E-state index < -0.39 is 11.9 Å². The topological polar surface area (TPSA) is 26.3 Å². The number of benzene rings is 1. The number of hydrogen-bond donors (Lipinski definition) is 0. The van der Waals surface area contributed by atoms with Crippen molar-refractivity contribution >= 4 is 12.0 Å². The molecule has 0 fully saturated rings. The highest BCUT2D eigenvalue weighted by Gasteiger charge is 2.37. The van der Waals surface area contributed by atoms with E-state index in [9.17, 15) is 13.6 Å². The van der Waals surface area contributed by atoms with Gasteiger partial charge in [-0.1, -0.05) is 36.4 Å². The largest absolute Gasteiger partial charge is 0.461 e. The van der Waals surface area contributed by atoms with Crippen molar-refractivity contribution in [2.45, 2.75) is 12.8 Å². The summed E-state index contributed by atoms with van der Waals surface area (Å²) < 4.78 is 30.5. The molecule has 0 aliphatic heterocycles. The summed E-state index contributed by atoms with van der Waals surface area (Å²) in [5.74, 6) is -5.10. The monoisotopic (exact) mass is 226 g/mol. The number of hydrogen-bond acceptors (Lipinski definition) is 2. The van der Waals surface area contributed by atoms with Crippen LogP contribution in [0.1, 0.15) is 12.5 Å². The first kappa shape index (κ1) is 12.4. The number of rotatable bonds is 4. The van der Waals surface area contributed by atoms with Crippen LogP contribution in [0.3, 0.4) is 0 Å². The Hall–Kier alpha value is -1.71. The summed E-state index contributed by atoms with van der Waals surface area (Å²) in [6.07, 6.45) is 1.73. The van der Waals surface area contributed by atoms with Crippen molar-refractivity contribution in [3.05, 3.63) is 42.0 Å². The van der Waals surface area contributed by atoms with Crippen molar-refractivity contribution in [1.29, 1.82) is 0 Å². The van der Waals surface area contributed by atoms with E-state index in [1.54, 1.807) is 30.3 Å². The van der Waals surface area contributed by atoms with Gasteiger partial charge < -0.3 is 4.74 Å². The van der Waals surface area contributed by atoms with Gasteiger partial charge in [0.2, 0.25) is 0 Å². The zero-order valence-electron chi connectivity index (χ0n) is 8.82. The highest BCUT2D eigenvalue weighted by atomic mass is 19.3. The van der Waals surface area contributed by atoms with E-state index in [4.69, 9.17) is 0 Å². The van der Waals surface area contributed by atoms with Gasteiger partial charge in [-0.05, 0) is 18.6 Å². The van der Waals surface area contributed by atoms with Gasteiger partial charge in [0, 0.05) is 0 Å². The van der Waals surface area contributed by atoms with E-state index in [2.05, 4.69) is 4.74 Å². The summed E-state index contributed by atoms with van der Waals surface area (Å²) in [5.41, 5.74) is 0.603. The lowest BCUT2D eigenvalue weighted by Gasteiger charge is -2.09. The minimum absolute atomic E-state index is 0.0619. The van der Waals surface area contributed by atoms with Gasteiger partial charge in [0.1, 0.15) is 0 Å². The lowest BCUT2D eigenvalue weighted by molar-refractivity contribution is -0.164. The minimum Gasteiger partial charge on any atom is -0.461 e. The molecule has 0 N–H and O–H groups in total. The second-order valence-corrected chi connectivity index (χ2v) is 3.09. The predicted octanol–water partition coefficient (Wildman–Crippen LogP) is 2.90. The first-order valence-electron chi connectivity index (χ1n) is 4.85. The van der Waals surface area contributed by atoms with Crippen molar-refractivity contribution in [2.24, 2.45) is 0 Å². The average Bonchev–Trinajstić information content (AvgIpc) is 2.28. The number of ether oxygens (including phenoxy) is 1. The normalized spacial score (nSPS) is 11.7. The Bertz CT molecular complexity index is 372. The molecule has 1 rings (SSSR count). The van der Waals surface area contributed by atoms with Gasteiger partial charge in [0.05, 0.1) is 6.61 Å². The first-order chi connectivity index (χ1) is 7.56. The van der Waals surface area contributed by atoms with Gasteiger partial charge in [-0.15, -0.1) is 0 Å². The molecule has 0 aromatic heterocycles. The van der Waals surface area contributed by atoms with E-state index >= 15 is 0 Å². The summed E-state index contributed by atoms with van der Waals surface area (Å²) in [6, 6.07) is 8.56. The number of carbonyl (C=O) groups is 1. The lowest BCUT2D eigenvalue weighted by Crippen LogP contribution is -2.28. The Labute approximate surface area is 92.5 Å². The van der Waals surface area contributed by atoms with Gasteiger partial charge in [0.25, 0.3) is 0 Å². The van der Waals surface area contributed by atoms with Crippen molar-refractivity contribution in [2.75, 3.05) is 6.61 Å². The molecule has 0 bridgehead atoms. The van der Waals surface area contributed by atoms with Crippen LogP contribution in [0.15, 0.2) is 36.4 Å². The number of carbonyl (C=O) groups excluding carboxylic acids is 1. The van der Waals surface area contributed by atoms with E-state index in [0.717, 1.165) is 0 Å². The second kappa shape index (κ2) is 5.39. The summed E-state index contributed by atoms with van der Waals surface area (Å²) >= 11 is 0. The van der Waals surface area contributed by atoms with Crippen molar-refractivity contribution in [1.82, 2.24) is 0 Å². The third kappa shape index (κ3) is 3.46. The molecule has 0 unspecified atom stereocenters. The molecule has 16 heavy (non-hydrogen) atoms. The maximum absolute atomic E-state index is 13.1. The van der Waals surface area contributed by atoms with Crippen LogP contribution in [0, 0.1) is 0 Å². The minimum atomic E-state index is -3.58. The lowest BCUT2D eigenvalue weighted by atomic mass is 10.2. The van der Waals surface area contributed by atoms with Crippen LogP contribution in [0.5, 0.6) is 0 Å². The van der Waals surface area contributed by atoms with Crippen LogP contribution in [0.25, 0.3) is 6.08 Å². The van der Waals surface area contributed by atoms with Gasteiger partial charge in [0.15, 0.2) is 0 Å². The Morgan fingerprint density at radius 3 is 2.56 bits per heavy atom. The summed E-state index contributed by atoms with van der Waals surface area (Å²) in [6.45, 7) is 1.42. The molecule has 4 heteroatoms. The Kier molecular flexibility index (Phi) is 4.17. The fourth-order valence-corrected chi connectivity index (χ4v) is 1.06. The van der Waals surface area contributed by atoms with Gasteiger partial charge >= 0.3 is 11.9 Å². The maximum atomic E-state index is 13.1. The number of halogens is 2. The molecule has 0 aliphatic rings. The third-order valence-electron chi connectivity index (χ3n) is 1.83. The van der Waals surface area contributed by atoms with Crippen LogP contribution < -0.4 is 0 Å². The fraction of sp³-hybridized carbons (Fsp3) is 0.250. The molecule has 0 saturated heterocycles. The van der Waals surface area contributed by atoms with E-state index in [-0.39, 0.29) is 6.61 Å². The third-order valence-corrected chi connectivity index (χ3v) is 1.83. The fourth-order valence-electron chi connectivity index (χ4n) is 1.06. The average molecular weight is 226 g/mol. The van der Waals surface area contributed by atoms with Crippen molar-refractivity contribution < 1.29 is 18.3 Å². The SMILES string of the molecule is CCOC(=O)C(F)(F)/C=C\c1ccccc1. The molecule has 0 heterocycles. The van der Waals surface area contributed by atoms with Gasteiger partial charge in [-0.3, -0.25) is 0 Å². The molecule has 86 valence electrons. The Morgan fingerprint density at radius 1 is 1.38 bits per heavy atom. The molecule has 0 amide bonds. The highest BCUT2D eigenvalue weighted by molar-refractivity contribution is 5.81. The molecule has 1 aromatic rings. The molecule has 0 radical (unpaired) electrons. The molecule has 1 aromatic carbocycles. The zero-order chi connectivity index (χ0) is 12.0. The van der Waals surface area contributed by atoms with Crippen LogP contribution >= 0.6 is 0 Å². The van der Waals surface area contributed by atoms with Gasteiger partial charge in [-0.2, -0.15) is 8.78 Å². The quantitative estimate of drug-likeness (QED) is 0.738. The first-order valence-corrected chi connectivity index (χ1v) is 4.85. The van der Waals surface area contributed by atoms with Crippen LogP contribution in [-0.2, 0) is 9.53 Å². The van der Waals surface area contributed by atoms with Crippen LogP contribution in [0.4, 0.5) is 8.78 Å². The van der Waals surface area contributed by atoms with E-state index in [0.29, 0.717) is 11.6 Å². The van der Waals surface area contributed by atoms with E-state index in [1.165, 1.54) is 13.0 Å². The highest BCUT2D eigenvalue weighted by Crippen LogP contribution is 2.19. The summed E-state index contributed by atoms with van der Waals surface area (Å²) in [5, 5.41) is 0. The molecule has 0 atom stereocenters. The molecule has 0 aliphatic carbocycles. The van der Waals surface area contributed by atoms with Crippen LogP contribution in [0.2, 0.25) is 0 Å². The molecular weight excluding hydrogens is 214 g/mol. The maximum Gasteiger partial charge on any atom is 0.381 e. The van der Waals surface area contributed by atoms with E-state index in [1.807, 2.05) is 0 Å². The molecular formula is C12H12F2O2. The summed E-state index contributed by atoms with van der Waals surface area (Å²) in [7, 11) is 0.